The van der Waals surface area contributed by atoms with Crippen molar-refractivity contribution < 1.29 is 23.4 Å². The fourth-order valence-electron chi connectivity index (χ4n) is 5.12. The Labute approximate surface area is 235 Å². The number of carbonyl (C=O) groups excluding carboxylic acids is 1. The highest BCUT2D eigenvalue weighted by molar-refractivity contribution is 6.42. The van der Waals surface area contributed by atoms with Gasteiger partial charge in [-0.3, -0.25) is 14.5 Å². The lowest BCUT2D eigenvalue weighted by molar-refractivity contribution is 0.0727. The van der Waals surface area contributed by atoms with Gasteiger partial charge in [0.1, 0.15) is 45.1 Å². The van der Waals surface area contributed by atoms with E-state index in [0.29, 0.717) is 59.2 Å². The summed E-state index contributed by atoms with van der Waals surface area (Å²) in [5.41, 5.74) is 3.70. The van der Waals surface area contributed by atoms with Gasteiger partial charge < -0.3 is 19.1 Å². The van der Waals surface area contributed by atoms with Crippen molar-refractivity contribution in [1.29, 1.82) is 0 Å². The van der Waals surface area contributed by atoms with Crippen LogP contribution in [0.25, 0.3) is 22.0 Å². The SMILES string of the molecule is BC1(B)c2ncccc2C(=O)N1Cc1c(F)cc(-c2ccc(OCCOC)c3nn(C)cc23)cc1OCC(C)C. The Balaban J connectivity index is 1.56. The molecule has 2 aromatic carbocycles. The van der Waals surface area contributed by atoms with Crippen LogP contribution in [-0.2, 0) is 23.7 Å². The molecule has 8 nitrogen and oxygen atoms in total. The smallest absolute Gasteiger partial charge is 0.255 e. The van der Waals surface area contributed by atoms with Gasteiger partial charge in [0, 0.05) is 42.8 Å². The van der Waals surface area contributed by atoms with Gasteiger partial charge >= 0.3 is 0 Å². The van der Waals surface area contributed by atoms with Crippen LogP contribution >= 0.6 is 0 Å². The first-order chi connectivity index (χ1) is 19.1. The van der Waals surface area contributed by atoms with Gasteiger partial charge in [-0.05, 0) is 53.4 Å². The van der Waals surface area contributed by atoms with E-state index in [1.165, 1.54) is 6.07 Å². The molecular weight excluding hydrogens is 509 g/mol. The van der Waals surface area contributed by atoms with Gasteiger partial charge in [-0.15, -0.1) is 0 Å². The molecule has 0 atom stereocenters. The van der Waals surface area contributed by atoms with E-state index in [1.54, 1.807) is 35.0 Å². The number of pyridine rings is 1. The van der Waals surface area contributed by atoms with Gasteiger partial charge in [0.05, 0.1) is 31.0 Å². The van der Waals surface area contributed by atoms with Gasteiger partial charge in [-0.1, -0.05) is 13.8 Å². The lowest BCUT2D eigenvalue weighted by atomic mass is 9.59. The monoisotopic (exact) mass is 542 g/mol. The van der Waals surface area contributed by atoms with Crippen molar-refractivity contribution in [2.45, 2.75) is 25.7 Å². The van der Waals surface area contributed by atoms with Crippen LogP contribution in [0.5, 0.6) is 11.5 Å². The zero-order valence-electron chi connectivity index (χ0n) is 23.8. The fraction of sp³-hybridized carbons (Fsp3) is 0.345. The molecule has 0 radical (unpaired) electrons. The van der Waals surface area contributed by atoms with Gasteiger partial charge in [0.25, 0.3) is 5.91 Å². The predicted octanol–water partition coefficient (Wildman–Crippen LogP) is 2.87. The second-order valence-electron chi connectivity index (χ2n) is 11.0. The zero-order chi connectivity index (χ0) is 28.6. The summed E-state index contributed by atoms with van der Waals surface area (Å²) in [6.07, 6.45) is 3.57. The molecule has 5 rings (SSSR count). The van der Waals surface area contributed by atoms with Gasteiger partial charge in [0.2, 0.25) is 0 Å². The van der Waals surface area contributed by atoms with E-state index in [1.807, 2.05) is 61.0 Å². The maximum Gasteiger partial charge on any atom is 0.255 e. The summed E-state index contributed by atoms with van der Waals surface area (Å²) in [4.78, 5) is 19.5. The first kappa shape index (κ1) is 27.7. The van der Waals surface area contributed by atoms with Crippen molar-refractivity contribution >= 4 is 32.5 Å². The Morgan fingerprint density at radius 1 is 1.07 bits per heavy atom. The van der Waals surface area contributed by atoms with E-state index >= 15 is 4.39 Å². The fourth-order valence-corrected chi connectivity index (χ4v) is 5.12. The molecule has 0 fully saturated rings. The van der Waals surface area contributed by atoms with Gasteiger partial charge in [-0.2, -0.15) is 5.10 Å². The molecule has 0 saturated heterocycles. The number of amides is 1. The third-order valence-corrected chi connectivity index (χ3v) is 7.19. The summed E-state index contributed by atoms with van der Waals surface area (Å²) in [7, 11) is 7.32. The Bertz CT molecular complexity index is 1570. The molecule has 1 aliphatic rings. The molecule has 0 spiro atoms. The largest absolute Gasteiger partial charge is 0.493 e. The Hall–Kier alpha value is -3.85. The summed E-state index contributed by atoms with van der Waals surface area (Å²) >= 11 is 0. The molecule has 4 aromatic rings. The number of methoxy groups -OCH3 is 1. The Morgan fingerprint density at radius 3 is 2.60 bits per heavy atom. The molecule has 2 aromatic heterocycles. The number of aromatic nitrogens is 3. The Morgan fingerprint density at radius 2 is 1.88 bits per heavy atom. The molecule has 40 heavy (non-hydrogen) atoms. The molecule has 11 heteroatoms. The molecule has 0 aliphatic carbocycles. The quantitative estimate of drug-likeness (QED) is 0.227. The first-order valence-corrected chi connectivity index (χ1v) is 13.4. The van der Waals surface area contributed by atoms with E-state index in [-0.39, 0.29) is 18.4 Å². The molecule has 0 saturated carbocycles. The van der Waals surface area contributed by atoms with Crippen LogP contribution < -0.4 is 9.47 Å². The summed E-state index contributed by atoms with van der Waals surface area (Å²) in [6, 6.07) is 10.6. The van der Waals surface area contributed by atoms with Crippen molar-refractivity contribution in [2.24, 2.45) is 13.0 Å². The minimum atomic E-state index is -0.700. The molecule has 3 heterocycles. The standard InChI is InChI=1S/C29H33B2FN4O4/c1-17(2)16-40-25-13-18(19-7-8-24(39-11-10-38-4)26-21(19)14-35(3)34-26)12-23(32)22(25)15-36-28(37)20-6-5-9-33-27(20)29(36,30)31/h5-9,12-14,17H,10-11,15-16,30-31H2,1-4H3. The van der Waals surface area contributed by atoms with E-state index in [9.17, 15) is 4.79 Å². The number of hydrogen-bond acceptors (Lipinski definition) is 6. The number of nitrogens with zero attached hydrogens (tertiary/aromatic N) is 4. The number of fused-ring (bicyclic) bond motifs is 2. The highest BCUT2D eigenvalue weighted by Crippen LogP contribution is 2.40. The van der Waals surface area contributed by atoms with Crippen LogP contribution in [0.2, 0.25) is 0 Å². The van der Waals surface area contributed by atoms with Crippen LogP contribution in [0.3, 0.4) is 0 Å². The number of ether oxygens (including phenoxy) is 3. The zero-order valence-corrected chi connectivity index (χ0v) is 23.8. The maximum atomic E-state index is 16.1. The third-order valence-electron chi connectivity index (χ3n) is 7.19. The van der Waals surface area contributed by atoms with Crippen molar-refractivity contribution in [3.8, 4) is 22.6 Å². The normalized spacial score (nSPS) is 14.2. The van der Waals surface area contributed by atoms with Crippen LogP contribution in [-0.4, -0.2) is 68.2 Å². The number of halogens is 1. The van der Waals surface area contributed by atoms with Crippen LogP contribution in [0, 0.1) is 11.7 Å². The lowest BCUT2D eigenvalue weighted by Crippen LogP contribution is -2.45. The number of benzene rings is 2. The van der Waals surface area contributed by atoms with Crippen LogP contribution in [0.15, 0.2) is 48.8 Å². The van der Waals surface area contributed by atoms with E-state index in [0.717, 1.165) is 10.9 Å². The first-order valence-electron chi connectivity index (χ1n) is 13.4. The predicted molar refractivity (Wildman–Crippen MR) is 157 cm³/mol. The van der Waals surface area contributed by atoms with E-state index in [4.69, 9.17) is 14.2 Å². The maximum absolute atomic E-state index is 16.1. The molecule has 0 bridgehead atoms. The lowest BCUT2D eigenvalue weighted by Gasteiger charge is -2.33. The van der Waals surface area contributed by atoms with Crippen molar-refractivity contribution in [1.82, 2.24) is 19.7 Å². The summed E-state index contributed by atoms with van der Waals surface area (Å²) in [5, 5.41) is 4.72. The minimum Gasteiger partial charge on any atom is -0.493 e. The molecular formula is C29H33B2FN4O4. The third kappa shape index (κ3) is 5.06. The van der Waals surface area contributed by atoms with Crippen LogP contribution in [0.1, 0.15) is 35.5 Å². The molecule has 206 valence electrons. The van der Waals surface area contributed by atoms with Crippen molar-refractivity contribution in [3.05, 3.63) is 71.4 Å². The Kier molecular flexibility index (Phi) is 7.59. The number of aryl methyl sites for hydroxylation is 1. The molecule has 1 amide bonds. The van der Waals surface area contributed by atoms with Crippen molar-refractivity contribution in [2.75, 3.05) is 26.9 Å². The van der Waals surface area contributed by atoms with E-state index < -0.39 is 11.2 Å². The molecule has 0 N–H and O–H groups in total. The summed E-state index contributed by atoms with van der Waals surface area (Å²) in [6.45, 7) is 5.38. The second kappa shape index (κ2) is 11.0. The summed E-state index contributed by atoms with van der Waals surface area (Å²) in [5.74, 6) is 0.654. The highest BCUT2D eigenvalue weighted by atomic mass is 19.1. The van der Waals surface area contributed by atoms with Gasteiger partial charge in [0.15, 0.2) is 0 Å². The number of carbonyl (C=O) groups is 1. The van der Waals surface area contributed by atoms with E-state index in [2.05, 4.69) is 10.1 Å². The second-order valence-corrected chi connectivity index (χ2v) is 11.0. The summed E-state index contributed by atoms with van der Waals surface area (Å²) < 4.78 is 35.0. The average molecular weight is 542 g/mol. The topological polar surface area (TPSA) is 78.7 Å². The van der Waals surface area contributed by atoms with Crippen molar-refractivity contribution in [3.63, 3.8) is 0 Å². The number of rotatable bonds is 10. The highest BCUT2D eigenvalue weighted by Gasteiger charge is 2.44. The van der Waals surface area contributed by atoms with Crippen LogP contribution in [0.4, 0.5) is 4.39 Å². The molecule has 1 aliphatic heterocycles. The van der Waals surface area contributed by atoms with Gasteiger partial charge in [-0.25, -0.2) is 4.39 Å². The molecule has 0 unspecified atom stereocenters. The minimum absolute atomic E-state index is 0.0519. The average Bonchev–Trinajstić information content (AvgIpc) is 3.40. The number of hydrogen-bond donors (Lipinski definition) is 0.